The fourth-order valence-electron chi connectivity index (χ4n) is 5.36. The molecular formula is C33H49N3O6S. The number of methoxy groups -OCH3 is 1. The molecule has 2 aromatic rings. The number of nitrogens with one attached hydrogen (secondary N) is 1. The summed E-state index contributed by atoms with van der Waals surface area (Å²) in [6.45, 7) is 3.82. The minimum absolute atomic E-state index is 0.0769. The lowest BCUT2D eigenvalue weighted by atomic mass is 10.0. The average Bonchev–Trinajstić information content (AvgIpc) is 3.80. The van der Waals surface area contributed by atoms with Crippen LogP contribution in [0.25, 0.3) is 0 Å². The highest BCUT2D eigenvalue weighted by Crippen LogP contribution is 2.32. The molecule has 0 bridgehead atoms. The van der Waals surface area contributed by atoms with Gasteiger partial charge in [-0.1, -0.05) is 69.2 Å². The Balaban J connectivity index is 1.90. The van der Waals surface area contributed by atoms with Crippen molar-refractivity contribution in [3.05, 3.63) is 65.7 Å². The summed E-state index contributed by atoms with van der Waals surface area (Å²) in [5.74, 6) is -0.515. The van der Waals surface area contributed by atoms with E-state index in [1.54, 1.807) is 25.3 Å². The van der Waals surface area contributed by atoms with Gasteiger partial charge in [0, 0.05) is 25.6 Å². The Hall–Kier alpha value is -2.95. The van der Waals surface area contributed by atoms with Crippen LogP contribution in [0.2, 0.25) is 0 Å². The van der Waals surface area contributed by atoms with Crippen molar-refractivity contribution < 1.29 is 27.9 Å². The van der Waals surface area contributed by atoms with E-state index in [0.717, 1.165) is 24.0 Å². The SMILES string of the molecule is CCCC(CCC)S(=O)(=O)CC(NC(=O)CC1CC1)C(=O)N(Cc1cccc(OC)c1)C[C@@H](O)[C@@H](N)Cc1ccccc1. The molecule has 0 saturated heterocycles. The molecule has 0 aromatic heterocycles. The zero-order valence-corrected chi connectivity index (χ0v) is 26.6. The summed E-state index contributed by atoms with van der Waals surface area (Å²) in [6.07, 6.45) is 3.85. The number of aliphatic hydroxyl groups is 1. The first kappa shape index (κ1) is 34.5. The van der Waals surface area contributed by atoms with Gasteiger partial charge in [0.1, 0.15) is 11.8 Å². The maximum absolute atomic E-state index is 14.2. The van der Waals surface area contributed by atoms with Crippen LogP contribution >= 0.6 is 0 Å². The van der Waals surface area contributed by atoms with E-state index in [4.69, 9.17) is 10.5 Å². The van der Waals surface area contributed by atoms with Crippen molar-refractivity contribution >= 4 is 21.7 Å². The van der Waals surface area contributed by atoms with Gasteiger partial charge >= 0.3 is 0 Å². The summed E-state index contributed by atoms with van der Waals surface area (Å²) in [7, 11) is -2.17. The number of ether oxygens (including phenoxy) is 1. The van der Waals surface area contributed by atoms with E-state index in [1.807, 2.05) is 50.2 Å². The lowest BCUT2D eigenvalue weighted by molar-refractivity contribution is -0.137. The second-order valence-corrected chi connectivity index (χ2v) is 14.1. The van der Waals surface area contributed by atoms with Crippen LogP contribution in [-0.2, 0) is 32.4 Å². The molecule has 238 valence electrons. The van der Waals surface area contributed by atoms with Crippen molar-refractivity contribution in [2.45, 2.75) is 95.2 Å². The van der Waals surface area contributed by atoms with E-state index in [-0.39, 0.29) is 31.3 Å². The van der Waals surface area contributed by atoms with Crippen LogP contribution in [0.15, 0.2) is 54.6 Å². The fraction of sp³-hybridized carbons (Fsp3) is 0.576. The van der Waals surface area contributed by atoms with Gasteiger partial charge in [-0.25, -0.2) is 8.42 Å². The second-order valence-electron chi connectivity index (χ2n) is 11.8. The average molecular weight is 616 g/mol. The monoisotopic (exact) mass is 615 g/mol. The number of aliphatic hydroxyl groups excluding tert-OH is 1. The van der Waals surface area contributed by atoms with Crippen LogP contribution in [0.1, 0.15) is 69.9 Å². The van der Waals surface area contributed by atoms with Crippen LogP contribution in [0.3, 0.4) is 0 Å². The molecule has 1 saturated carbocycles. The van der Waals surface area contributed by atoms with Gasteiger partial charge in [-0.3, -0.25) is 9.59 Å². The van der Waals surface area contributed by atoms with Gasteiger partial charge in [0.25, 0.3) is 0 Å². The van der Waals surface area contributed by atoms with E-state index in [9.17, 15) is 23.1 Å². The Morgan fingerprint density at radius 3 is 2.30 bits per heavy atom. The highest BCUT2D eigenvalue weighted by molar-refractivity contribution is 7.92. The second kappa shape index (κ2) is 16.8. The van der Waals surface area contributed by atoms with Gasteiger partial charge in [0.15, 0.2) is 9.84 Å². The highest BCUT2D eigenvalue weighted by atomic mass is 32.2. The van der Waals surface area contributed by atoms with Crippen LogP contribution in [-0.4, -0.2) is 73.1 Å². The topological polar surface area (TPSA) is 139 Å². The predicted molar refractivity (Wildman–Crippen MR) is 169 cm³/mol. The van der Waals surface area contributed by atoms with Crippen LogP contribution in [0.5, 0.6) is 5.75 Å². The van der Waals surface area contributed by atoms with E-state index >= 15 is 0 Å². The summed E-state index contributed by atoms with van der Waals surface area (Å²) in [5.41, 5.74) is 8.08. The standard InChI is InChI=1S/C33H49N3O6S/c1-4-10-28(11-5-2)43(40,41)23-30(35-32(38)20-25-16-17-25)33(39)36(21-26-14-9-15-27(18-26)42-3)22-31(37)29(34)19-24-12-7-6-8-13-24/h6-9,12-15,18,25,28-31,37H,4-5,10-11,16-17,19-23,34H2,1-3H3,(H,35,38)/t29-,30?,31+/m0/s1. The molecule has 3 atom stereocenters. The maximum Gasteiger partial charge on any atom is 0.246 e. The molecule has 9 nitrogen and oxygen atoms in total. The number of sulfone groups is 1. The summed E-state index contributed by atoms with van der Waals surface area (Å²) < 4.78 is 32.6. The molecule has 2 amide bonds. The number of nitrogens with zero attached hydrogens (tertiary/aromatic N) is 1. The summed E-state index contributed by atoms with van der Waals surface area (Å²) >= 11 is 0. The summed E-state index contributed by atoms with van der Waals surface area (Å²) in [4.78, 5) is 28.6. The third-order valence-corrected chi connectivity index (χ3v) is 10.3. The first-order valence-corrected chi connectivity index (χ1v) is 17.2. The number of nitrogens with two attached hydrogens (primary N) is 1. The summed E-state index contributed by atoms with van der Waals surface area (Å²) in [6, 6.07) is 14.8. The van der Waals surface area contributed by atoms with Crippen molar-refractivity contribution in [1.29, 1.82) is 0 Å². The number of benzene rings is 2. The molecule has 0 heterocycles. The minimum atomic E-state index is -3.72. The molecule has 1 aliphatic carbocycles. The number of amides is 2. The van der Waals surface area contributed by atoms with E-state index in [1.165, 1.54) is 4.90 Å². The molecule has 0 aliphatic heterocycles. The molecule has 10 heteroatoms. The minimum Gasteiger partial charge on any atom is -0.497 e. The smallest absolute Gasteiger partial charge is 0.246 e. The molecule has 3 rings (SSSR count). The highest BCUT2D eigenvalue weighted by Gasteiger charge is 2.36. The molecule has 1 aliphatic rings. The molecule has 4 N–H and O–H groups in total. The quantitative estimate of drug-likeness (QED) is 0.219. The van der Waals surface area contributed by atoms with Gasteiger partial charge in [-0.15, -0.1) is 0 Å². The Morgan fingerprint density at radius 1 is 1.05 bits per heavy atom. The molecule has 1 unspecified atom stereocenters. The lowest BCUT2D eigenvalue weighted by Gasteiger charge is -2.32. The van der Waals surface area contributed by atoms with Crippen LogP contribution in [0, 0.1) is 5.92 Å². The normalized spacial score (nSPS) is 15.5. The van der Waals surface area contributed by atoms with Crippen LogP contribution in [0.4, 0.5) is 0 Å². The first-order chi connectivity index (χ1) is 20.6. The zero-order chi connectivity index (χ0) is 31.4. The number of hydrogen-bond donors (Lipinski definition) is 3. The first-order valence-electron chi connectivity index (χ1n) is 15.5. The number of carbonyl (C=O) groups excluding carboxylic acids is 2. The van der Waals surface area contributed by atoms with Crippen molar-refractivity contribution in [3.8, 4) is 5.75 Å². The summed E-state index contributed by atoms with van der Waals surface area (Å²) in [5, 5.41) is 13.4. The third-order valence-electron chi connectivity index (χ3n) is 7.97. The number of hydrogen-bond acceptors (Lipinski definition) is 7. The Kier molecular flexibility index (Phi) is 13.5. The Morgan fingerprint density at radius 2 is 1.70 bits per heavy atom. The van der Waals surface area contributed by atoms with Gasteiger partial charge in [-0.2, -0.15) is 0 Å². The number of carbonyl (C=O) groups is 2. The van der Waals surface area contributed by atoms with Crippen molar-refractivity contribution in [2.24, 2.45) is 11.7 Å². The van der Waals surface area contributed by atoms with Gasteiger partial charge in [-0.05, 0) is 61.3 Å². The Labute approximate surface area is 257 Å². The van der Waals surface area contributed by atoms with Crippen molar-refractivity contribution in [2.75, 3.05) is 19.4 Å². The zero-order valence-electron chi connectivity index (χ0n) is 25.8. The van der Waals surface area contributed by atoms with Crippen molar-refractivity contribution in [1.82, 2.24) is 10.2 Å². The van der Waals surface area contributed by atoms with Crippen molar-refractivity contribution in [3.63, 3.8) is 0 Å². The number of rotatable bonds is 19. The van der Waals surface area contributed by atoms with E-state index in [2.05, 4.69) is 5.32 Å². The molecule has 2 aromatic carbocycles. The molecule has 0 spiro atoms. The van der Waals surface area contributed by atoms with Gasteiger partial charge in [0.05, 0.1) is 24.2 Å². The largest absolute Gasteiger partial charge is 0.497 e. The van der Waals surface area contributed by atoms with Gasteiger partial charge < -0.3 is 25.8 Å². The molecule has 43 heavy (non-hydrogen) atoms. The van der Waals surface area contributed by atoms with E-state index in [0.29, 0.717) is 37.9 Å². The molecule has 0 radical (unpaired) electrons. The fourth-order valence-corrected chi connectivity index (χ4v) is 7.51. The molecular weight excluding hydrogens is 566 g/mol. The third kappa shape index (κ3) is 11.2. The Bertz CT molecular complexity index is 1260. The van der Waals surface area contributed by atoms with E-state index < -0.39 is 44.9 Å². The van der Waals surface area contributed by atoms with Gasteiger partial charge in [0.2, 0.25) is 11.8 Å². The lowest BCUT2D eigenvalue weighted by Crippen LogP contribution is -2.55. The van der Waals surface area contributed by atoms with Crippen LogP contribution < -0.4 is 15.8 Å². The maximum atomic E-state index is 14.2. The molecule has 1 fully saturated rings. The predicted octanol–water partition coefficient (Wildman–Crippen LogP) is 3.62.